The van der Waals surface area contributed by atoms with Crippen molar-refractivity contribution in [2.45, 2.75) is 45.6 Å². The summed E-state index contributed by atoms with van der Waals surface area (Å²) in [6.45, 7) is 7.55. The Hall–Kier alpha value is -0.650. The smallest absolute Gasteiger partial charge is 0.246 e. The molecule has 1 atom stereocenters. The summed E-state index contributed by atoms with van der Waals surface area (Å²) in [4.78, 5) is 11.5. The first-order valence-electron chi connectivity index (χ1n) is 5.29. The lowest BCUT2D eigenvalue weighted by atomic mass is 10.2. The van der Waals surface area contributed by atoms with Crippen LogP contribution >= 0.6 is 0 Å². The number of carbonyl (C=O) groups is 1. The van der Waals surface area contributed by atoms with E-state index in [2.05, 4.69) is 5.32 Å². The summed E-state index contributed by atoms with van der Waals surface area (Å²) in [5.74, 6) is -0.179. The van der Waals surface area contributed by atoms with Gasteiger partial charge in [0.05, 0.1) is 11.6 Å². The summed E-state index contributed by atoms with van der Waals surface area (Å²) in [7, 11) is 3.06. The number of carbonyl (C=O) groups excluding carboxylic acids is 1. The molecule has 96 valence electrons. The van der Waals surface area contributed by atoms with Gasteiger partial charge in [-0.15, -0.1) is 0 Å². The Kier molecular flexibility index (Phi) is 6.55. The zero-order chi connectivity index (χ0) is 12.8. The molecule has 0 saturated heterocycles. The maximum atomic E-state index is 11.5. The third-order valence-corrected chi connectivity index (χ3v) is 1.90. The van der Waals surface area contributed by atoms with E-state index in [-0.39, 0.29) is 24.2 Å². The van der Waals surface area contributed by atoms with Crippen LogP contribution in [0.4, 0.5) is 0 Å². The van der Waals surface area contributed by atoms with E-state index in [0.717, 1.165) is 0 Å². The van der Waals surface area contributed by atoms with Gasteiger partial charge in [-0.05, 0) is 27.7 Å². The average Bonchev–Trinajstić information content (AvgIpc) is 2.15. The van der Waals surface area contributed by atoms with Gasteiger partial charge in [-0.3, -0.25) is 4.79 Å². The highest BCUT2D eigenvalue weighted by Gasteiger charge is 2.19. The average molecular weight is 233 g/mol. The largest absolute Gasteiger partial charge is 0.366 e. The molecular formula is C11H23NO4. The van der Waals surface area contributed by atoms with Gasteiger partial charge in [0.2, 0.25) is 5.91 Å². The van der Waals surface area contributed by atoms with E-state index in [0.29, 0.717) is 0 Å². The molecule has 0 aliphatic heterocycles. The van der Waals surface area contributed by atoms with E-state index in [1.807, 2.05) is 27.7 Å². The van der Waals surface area contributed by atoms with Crippen LogP contribution in [0.3, 0.4) is 0 Å². The van der Waals surface area contributed by atoms with E-state index in [4.69, 9.17) is 14.2 Å². The van der Waals surface area contributed by atoms with E-state index in [1.54, 1.807) is 0 Å². The number of rotatable bonds is 6. The van der Waals surface area contributed by atoms with E-state index >= 15 is 0 Å². The lowest BCUT2D eigenvalue weighted by Crippen LogP contribution is -2.45. The van der Waals surface area contributed by atoms with Crippen LogP contribution in [-0.2, 0) is 19.0 Å². The molecule has 0 aromatic carbocycles. The maximum absolute atomic E-state index is 11.5. The Morgan fingerprint density at radius 3 is 2.12 bits per heavy atom. The van der Waals surface area contributed by atoms with Gasteiger partial charge in [0.1, 0.15) is 6.61 Å². The van der Waals surface area contributed by atoms with Crippen LogP contribution in [-0.4, -0.2) is 44.7 Å². The molecule has 1 unspecified atom stereocenters. The molecule has 0 aliphatic rings. The maximum Gasteiger partial charge on any atom is 0.246 e. The Morgan fingerprint density at radius 2 is 1.75 bits per heavy atom. The van der Waals surface area contributed by atoms with Crippen LogP contribution in [0.2, 0.25) is 0 Å². The lowest BCUT2D eigenvalue weighted by Gasteiger charge is -2.23. The highest BCUT2D eigenvalue weighted by molar-refractivity contribution is 5.77. The molecule has 0 heterocycles. The first-order chi connectivity index (χ1) is 7.30. The summed E-state index contributed by atoms with van der Waals surface area (Å²) in [6, 6.07) is -0.217. The van der Waals surface area contributed by atoms with E-state index in [9.17, 15) is 4.79 Å². The number of hydrogen-bond donors (Lipinski definition) is 1. The van der Waals surface area contributed by atoms with Gasteiger partial charge in [0, 0.05) is 14.2 Å². The first kappa shape index (κ1) is 15.3. The van der Waals surface area contributed by atoms with Crippen molar-refractivity contribution >= 4 is 5.91 Å². The summed E-state index contributed by atoms with van der Waals surface area (Å²) < 4.78 is 15.4. The highest BCUT2D eigenvalue weighted by Crippen LogP contribution is 2.06. The topological polar surface area (TPSA) is 56.8 Å². The van der Waals surface area contributed by atoms with Crippen molar-refractivity contribution in [3.05, 3.63) is 0 Å². The van der Waals surface area contributed by atoms with Crippen molar-refractivity contribution in [1.82, 2.24) is 5.32 Å². The second-order valence-corrected chi connectivity index (χ2v) is 4.60. The van der Waals surface area contributed by atoms with Crippen LogP contribution in [0.15, 0.2) is 0 Å². The Balaban J connectivity index is 3.95. The van der Waals surface area contributed by atoms with E-state index in [1.165, 1.54) is 14.2 Å². The normalized spacial score (nSPS) is 13.9. The van der Waals surface area contributed by atoms with Crippen molar-refractivity contribution in [2.24, 2.45) is 0 Å². The molecule has 0 fully saturated rings. The van der Waals surface area contributed by atoms with Gasteiger partial charge < -0.3 is 19.5 Å². The molecule has 5 heteroatoms. The third kappa shape index (κ3) is 6.76. The van der Waals surface area contributed by atoms with Crippen molar-refractivity contribution < 1.29 is 19.0 Å². The monoisotopic (exact) mass is 233 g/mol. The van der Waals surface area contributed by atoms with Gasteiger partial charge >= 0.3 is 0 Å². The third-order valence-electron chi connectivity index (χ3n) is 1.90. The summed E-state index contributed by atoms with van der Waals surface area (Å²) >= 11 is 0. The molecule has 0 radical (unpaired) electrons. The molecule has 0 saturated carbocycles. The van der Waals surface area contributed by atoms with Gasteiger partial charge in [-0.1, -0.05) is 0 Å². The lowest BCUT2D eigenvalue weighted by molar-refractivity contribution is -0.142. The van der Waals surface area contributed by atoms with Gasteiger partial charge in [-0.2, -0.15) is 0 Å². The quantitative estimate of drug-likeness (QED) is 0.693. The van der Waals surface area contributed by atoms with Crippen LogP contribution in [0.5, 0.6) is 0 Å². The molecule has 1 N–H and O–H groups in total. The highest BCUT2D eigenvalue weighted by atomic mass is 16.7. The zero-order valence-corrected chi connectivity index (χ0v) is 11.0. The number of amides is 1. The molecule has 0 aromatic rings. The second kappa shape index (κ2) is 6.83. The number of hydrogen-bond acceptors (Lipinski definition) is 4. The molecule has 0 bridgehead atoms. The second-order valence-electron chi connectivity index (χ2n) is 4.60. The standard InChI is InChI=1S/C11H23NO4/c1-8(10(14-5)15-6)12-9(13)7-16-11(2,3)4/h8,10H,7H2,1-6H3,(H,12,13). The molecular weight excluding hydrogens is 210 g/mol. The molecule has 16 heavy (non-hydrogen) atoms. The van der Waals surface area contributed by atoms with Crippen LogP contribution in [0, 0.1) is 0 Å². The van der Waals surface area contributed by atoms with Crippen molar-refractivity contribution in [3.63, 3.8) is 0 Å². The number of ether oxygens (including phenoxy) is 3. The minimum Gasteiger partial charge on any atom is -0.366 e. The van der Waals surface area contributed by atoms with Gasteiger partial charge in [0.15, 0.2) is 6.29 Å². The van der Waals surface area contributed by atoms with Crippen molar-refractivity contribution in [3.8, 4) is 0 Å². The minimum atomic E-state index is -0.446. The van der Waals surface area contributed by atoms with Crippen molar-refractivity contribution in [1.29, 1.82) is 0 Å². The van der Waals surface area contributed by atoms with Crippen LogP contribution in [0.25, 0.3) is 0 Å². The molecule has 0 rings (SSSR count). The van der Waals surface area contributed by atoms with Crippen LogP contribution < -0.4 is 5.32 Å². The summed E-state index contributed by atoms with van der Waals surface area (Å²) in [6.07, 6.45) is -0.446. The van der Waals surface area contributed by atoms with E-state index < -0.39 is 6.29 Å². The molecule has 1 amide bonds. The molecule has 5 nitrogen and oxygen atoms in total. The van der Waals surface area contributed by atoms with Crippen molar-refractivity contribution in [2.75, 3.05) is 20.8 Å². The van der Waals surface area contributed by atoms with Crippen LogP contribution in [0.1, 0.15) is 27.7 Å². The Bertz CT molecular complexity index is 209. The Labute approximate surface area is 97.4 Å². The molecule has 0 spiro atoms. The number of nitrogens with one attached hydrogen (secondary N) is 1. The summed E-state index contributed by atoms with van der Waals surface area (Å²) in [5, 5.41) is 2.74. The molecule has 0 aliphatic carbocycles. The predicted molar refractivity (Wildman–Crippen MR) is 61.1 cm³/mol. The Morgan fingerprint density at radius 1 is 1.25 bits per heavy atom. The first-order valence-corrected chi connectivity index (χ1v) is 5.29. The predicted octanol–water partition coefficient (Wildman–Crippen LogP) is 0.925. The fraction of sp³-hybridized carbons (Fsp3) is 0.909. The number of methoxy groups -OCH3 is 2. The van der Waals surface area contributed by atoms with Gasteiger partial charge in [0.25, 0.3) is 0 Å². The summed E-state index contributed by atoms with van der Waals surface area (Å²) in [5.41, 5.74) is -0.317. The van der Waals surface area contributed by atoms with Gasteiger partial charge in [-0.25, -0.2) is 0 Å². The fourth-order valence-corrected chi connectivity index (χ4v) is 1.15. The SMILES string of the molecule is COC(OC)C(C)NC(=O)COC(C)(C)C. The zero-order valence-electron chi connectivity index (χ0n) is 11.0. The molecule has 0 aromatic heterocycles. The fourth-order valence-electron chi connectivity index (χ4n) is 1.15. The minimum absolute atomic E-state index is 0.0357.